The third kappa shape index (κ3) is 4.21. The van der Waals surface area contributed by atoms with Crippen molar-refractivity contribution in [3.63, 3.8) is 0 Å². The molecule has 1 heterocycles. The molecular formula is C21H21ClF4N2O5. The van der Waals surface area contributed by atoms with Gasteiger partial charge in [0.2, 0.25) is 0 Å². The predicted molar refractivity (Wildman–Crippen MR) is 105 cm³/mol. The van der Waals surface area contributed by atoms with E-state index in [1.807, 2.05) is 0 Å². The minimum Gasteiger partial charge on any atom is -0.484 e. The number of halogens is 5. The van der Waals surface area contributed by atoms with E-state index in [2.05, 4.69) is 10.1 Å². The van der Waals surface area contributed by atoms with Crippen LogP contribution in [0.2, 0.25) is 5.02 Å². The molecule has 0 aromatic heterocycles. The van der Waals surface area contributed by atoms with Gasteiger partial charge in [-0.1, -0.05) is 11.6 Å². The van der Waals surface area contributed by atoms with Crippen LogP contribution in [0.25, 0.3) is 0 Å². The number of ether oxygens (including phenoxy) is 3. The second-order valence-electron chi connectivity index (χ2n) is 9.40. The lowest BCUT2D eigenvalue weighted by Gasteiger charge is -2.72. The molecule has 33 heavy (non-hydrogen) atoms. The normalized spacial score (nSPS) is 34.6. The average Bonchev–Trinajstić information content (AvgIpc) is 3.01. The molecule has 12 heteroatoms. The van der Waals surface area contributed by atoms with Gasteiger partial charge in [-0.05, 0) is 44.2 Å². The van der Waals surface area contributed by atoms with Gasteiger partial charge >= 0.3 is 12.5 Å². The van der Waals surface area contributed by atoms with Crippen LogP contribution in [-0.4, -0.2) is 59.7 Å². The number of hydrogen-bond acceptors (Lipinski definition) is 5. The highest BCUT2D eigenvalue weighted by atomic mass is 35.5. The molecule has 1 N–H and O–H groups in total. The van der Waals surface area contributed by atoms with Crippen LogP contribution in [0.15, 0.2) is 18.2 Å². The van der Waals surface area contributed by atoms with Gasteiger partial charge in [0.15, 0.2) is 6.61 Å². The monoisotopic (exact) mass is 492 g/mol. The Morgan fingerprint density at radius 3 is 2.61 bits per heavy atom. The second kappa shape index (κ2) is 7.63. The molecule has 4 aliphatic carbocycles. The molecule has 7 nitrogen and oxygen atoms in total. The molecular weight excluding hydrogens is 472 g/mol. The number of hydrogen-bond donors (Lipinski definition) is 1. The highest BCUT2D eigenvalue weighted by molar-refractivity contribution is 6.30. The van der Waals surface area contributed by atoms with Crippen molar-refractivity contribution in [2.75, 3.05) is 13.2 Å². The molecule has 1 unspecified atom stereocenters. The topological polar surface area (TPSA) is 77.1 Å². The van der Waals surface area contributed by atoms with Gasteiger partial charge in [0.05, 0.1) is 23.2 Å². The quantitative estimate of drug-likeness (QED) is 0.586. The summed E-state index contributed by atoms with van der Waals surface area (Å²) in [6, 6.07) is 3.90. The zero-order valence-electron chi connectivity index (χ0n) is 17.3. The number of carbonyl (C=O) groups is 2. The zero-order chi connectivity index (χ0) is 23.6. The number of nitrogens with zero attached hydrogens (tertiary/aromatic N) is 1. The van der Waals surface area contributed by atoms with E-state index in [0.29, 0.717) is 25.8 Å². The summed E-state index contributed by atoms with van der Waals surface area (Å²) in [6.07, 6.45) is -4.32. The predicted octanol–water partition coefficient (Wildman–Crippen LogP) is 3.79. The third-order valence-corrected chi connectivity index (χ3v) is 7.34. The first kappa shape index (κ1) is 22.5. The molecule has 2 bridgehead atoms. The molecule has 0 radical (unpaired) electrons. The minimum absolute atomic E-state index is 0.0413. The number of cyclic esters (lactones) is 1. The maximum Gasteiger partial charge on any atom is 0.522 e. The zero-order valence-corrected chi connectivity index (χ0v) is 18.0. The van der Waals surface area contributed by atoms with Crippen LogP contribution in [0.5, 0.6) is 5.75 Å². The van der Waals surface area contributed by atoms with Crippen LogP contribution in [0, 0.1) is 11.7 Å². The van der Waals surface area contributed by atoms with Crippen molar-refractivity contribution in [3.8, 4) is 5.75 Å². The van der Waals surface area contributed by atoms with Gasteiger partial charge in [-0.25, -0.2) is 9.18 Å². The Balaban J connectivity index is 1.06. The lowest BCUT2D eigenvalue weighted by atomic mass is 9.43. The van der Waals surface area contributed by atoms with Crippen molar-refractivity contribution in [1.29, 1.82) is 0 Å². The van der Waals surface area contributed by atoms with E-state index in [0.717, 1.165) is 6.07 Å². The van der Waals surface area contributed by atoms with Gasteiger partial charge in [0, 0.05) is 17.5 Å². The molecule has 1 aliphatic heterocycles. The Hall–Kier alpha value is -2.27. The Kier molecular flexibility index (Phi) is 5.20. The van der Waals surface area contributed by atoms with Crippen LogP contribution < -0.4 is 10.1 Å². The Morgan fingerprint density at radius 1 is 1.27 bits per heavy atom. The van der Waals surface area contributed by atoms with Gasteiger partial charge in [-0.15, -0.1) is 13.2 Å². The average molecular weight is 493 g/mol. The van der Waals surface area contributed by atoms with Gasteiger partial charge in [-0.2, -0.15) is 0 Å². The molecule has 180 valence electrons. The molecule has 6 rings (SSSR count). The fourth-order valence-corrected chi connectivity index (χ4v) is 5.63. The van der Waals surface area contributed by atoms with E-state index < -0.39 is 36.0 Å². The lowest BCUT2D eigenvalue weighted by molar-refractivity contribution is -0.355. The van der Waals surface area contributed by atoms with E-state index in [-0.39, 0.29) is 47.6 Å². The molecule has 1 saturated heterocycles. The summed E-state index contributed by atoms with van der Waals surface area (Å²) in [5, 5.41) is 2.87. The molecule has 1 atom stereocenters. The van der Waals surface area contributed by atoms with Crippen LogP contribution in [0.4, 0.5) is 22.4 Å². The lowest BCUT2D eigenvalue weighted by Crippen LogP contribution is -2.84. The molecule has 4 saturated carbocycles. The number of amides is 2. The van der Waals surface area contributed by atoms with E-state index >= 15 is 0 Å². The van der Waals surface area contributed by atoms with Crippen molar-refractivity contribution in [2.45, 2.75) is 61.8 Å². The van der Waals surface area contributed by atoms with Crippen molar-refractivity contribution in [1.82, 2.24) is 10.2 Å². The number of carbonyl (C=O) groups excluding carboxylic acids is 2. The van der Waals surface area contributed by atoms with E-state index in [4.69, 9.17) is 21.1 Å². The Labute approximate surface area is 191 Å². The van der Waals surface area contributed by atoms with Gasteiger partial charge in [0.25, 0.3) is 5.91 Å². The highest BCUT2D eigenvalue weighted by Gasteiger charge is 2.73. The highest BCUT2D eigenvalue weighted by Crippen LogP contribution is 2.64. The Bertz CT molecular complexity index is 964. The summed E-state index contributed by atoms with van der Waals surface area (Å²) in [4.78, 5) is 26.3. The maximum atomic E-state index is 13.4. The fraction of sp³-hybridized carbons (Fsp3) is 0.619. The molecule has 5 fully saturated rings. The summed E-state index contributed by atoms with van der Waals surface area (Å²) in [7, 11) is 0. The standard InChI is InChI=1S/C21H21ClF4N2O5/c22-14-2-1-12(5-15(14)23)31-7-17(29)27-19-8-20(9-19,10-19)28-6-16(32-18(28)30)11-3-13(4-11)33-21(24,25)26/h1-2,5,11,13,16H,3-4,6-10H2,(H,27,29). The molecule has 5 aliphatic rings. The second-order valence-corrected chi connectivity index (χ2v) is 9.80. The first-order valence-corrected chi connectivity index (χ1v) is 11.0. The fourth-order valence-electron chi connectivity index (χ4n) is 5.51. The van der Waals surface area contributed by atoms with Gasteiger partial charge < -0.3 is 14.8 Å². The number of nitrogens with one attached hydrogen (secondary N) is 1. The summed E-state index contributed by atoms with van der Waals surface area (Å²) in [5.41, 5.74) is -0.795. The van der Waals surface area contributed by atoms with Crippen molar-refractivity contribution < 1.29 is 41.4 Å². The third-order valence-electron chi connectivity index (χ3n) is 7.03. The van der Waals surface area contributed by atoms with Crippen LogP contribution >= 0.6 is 11.6 Å². The van der Waals surface area contributed by atoms with Crippen LogP contribution in [0.1, 0.15) is 32.1 Å². The van der Waals surface area contributed by atoms with Crippen molar-refractivity contribution >= 4 is 23.6 Å². The summed E-state index contributed by atoms with van der Waals surface area (Å²) in [6.45, 7) is 0.0456. The largest absolute Gasteiger partial charge is 0.522 e. The SMILES string of the molecule is O=C(COc1ccc(Cl)c(F)c1)NC12CC(N3CC(C4CC(OC(F)(F)F)C4)OC3=O)(C1)C2. The summed E-state index contributed by atoms with van der Waals surface area (Å²) in [5.74, 6) is -0.962. The van der Waals surface area contributed by atoms with E-state index in [1.165, 1.54) is 12.1 Å². The van der Waals surface area contributed by atoms with Crippen molar-refractivity contribution in [3.05, 3.63) is 29.0 Å². The van der Waals surface area contributed by atoms with Crippen LogP contribution in [-0.2, 0) is 14.3 Å². The molecule has 1 aromatic carbocycles. The molecule has 2 amide bonds. The van der Waals surface area contributed by atoms with Crippen molar-refractivity contribution in [2.24, 2.45) is 5.92 Å². The summed E-state index contributed by atoms with van der Waals surface area (Å²) < 4.78 is 65.0. The van der Waals surface area contributed by atoms with E-state index in [9.17, 15) is 27.2 Å². The minimum atomic E-state index is -4.66. The summed E-state index contributed by atoms with van der Waals surface area (Å²) >= 11 is 5.61. The van der Waals surface area contributed by atoms with Gasteiger partial charge in [0.1, 0.15) is 17.7 Å². The first-order valence-electron chi connectivity index (χ1n) is 10.6. The Morgan fingerprint density at radius 2 is 1.97 bits per heavy atom. The smallest absolute Gasteiger partial charge is 0.484 e. The van der Waals surface area contributed by atoms with Crippen LogP contribution in [0.3, 0.4) is 0 Å². The van der Waals surface area contributed by atoms with Gasteiger partial charge in [-0.3, -0.25) is 14.4 Å². The van der Waals surface area contributed by atoms with E-state index in [1.54, 1.807) is 4.90 Å². The molecule has 1 aromatic rings. The number of benzene rings is 1. The molecule has 0 spiro atoms. The maximum absolute atomic E-state index is 13.4. The first-order chi connectivity index (χ1) is 15.5. The number of alkyl halides is 3. The number of rotatable bonds is 7.